The lowest BCUT2D eigenvalue weighted by Crippen LogP contribution is -1.85. The molecule has 1 aromatic heterocycles. The van der Waals surface area contributed by atoms with Crippen LogP contribution < -0.4 is 0 Å². The zero-order chi connectivity index (χ0) is 10.3. The standard InChI is InChI=1S/C13H9BrO/c14-12-8-10-4-1-3-9(10)7-11(12)13-5-2-6-15-13/h1-3,5-8H,4H2. The zero-order valence-corrected chi connectivity index (χ0v) is 9.62. The van der Waals surface area contributed by atoms with E-state index in [1.54, 1.807) is 6.26 Å². The first-order valence-corrected chi connectivity index (χ1v) is 5.67. The van der Waals surface area contributed by atoms with E-state index in [-0.39, 0.29) is 0 Å². The monoisotopic (exact) mass is 260 g/mol. The van der Waals surface area contributed by atoms with Gasteiger partial charge in [-0.05, 0) is 41.8 Å². The van der Waals surface area contributed by atoms with Crippen LogP contribution in [0.15, 0.2) is 45.5 Å². The Labute approximate surface area is 96.5 Å². The SMILES string of the molecule is Brc1cc2c(cc1-c1ccco1)C=CC2. The van der Waals surface area contributed by atoms with Crippen molar-refractivity contribution in [3.63, 3.8) is 0 Å². The molecule has 74 valence electrons. The van der Waals surface area contributed by atoms with Crippen molar-refractivity contribution >= 4 is 22.0 Å². The molecule has 0 saturated heterocycles. The van der Waals surface area contributed by atoms with Crippen molar-refractivity contribution in [2.75, 3.05) is 0 Å². The van der Waals surface area contributed by atoms with Gasteiger partial charge in [-0.2, -0.15) is 0 Å². The molecule has 1 nitrogen and oxygen atoms in total. The molecule has 0 spiro atoms. The van der Waals surface area contributed by atoms with Crippen LogP contribution in [-0.4, -0.2) is 0 Å². The molecule has 3 rings (SSSR count). The lowest BCUT2D eigenvalue weighted by molar-refractivity contribution is 0.582. The molecular formula is C13H9BrO. The van der Waals surface area contributed by atoms with Crippen molar-refractivity contribution in [3.05, 3.63) is 52.2 Å². The van der Waals surface area contributed by atoms with Gasteiger partial charge in [0.1, 0.15) is 5.76 Å². The van der Waals surface area contributed by atoms with E-state index in [0.717, 1.165) is 22.2 Å². The summed E-state index contributed by atoms with van der Waals surface area (Å²) >= 11 is 3.58. The summed E-state index contributed by atoms with van der Waals surface area (Å²) in [5.74, 6) is 0.907. The predicted octanol–water partition coefficient (Wildman–Crippen LogP) is 4.28. The zero-order valence-electron chi connectivity index (χ0n) is 8.03. The maximum absolute atomic E-state index is 5.41. The second-order valence-corrected chi connectivity index (χ2v) is 4.47. The molecule has 0 bridgehead atoms. The molecule has 15 heavy (non-hydrogen) atoms. The maximum Gasteiger partial charge on any atom is 0.135 e. The highest BCUT2D eigenvalue weighted by Gasteiger charge is 2.12. The first kappa shape index (κ1) is 8.98. The van der Waals surface area contributed by atoms with Crippen LogP contribution in [0.5, 0.6) is 0 Å². The molecule has 0 unspecified atom stereocenters. The Bertz CT molecular complexity index is 524. The van der Waals surface area contributed by atoms with E-state index in [9.17, 15) is 0 Å². The van der Waals surface area contributed by atoms with Gasteiger partial charge in [-0.1, -0.05) is 28.1 Å². The summed E-state index contributed by atoms with van der Waals surface area (Å²) in [7, 11) is 0. The summed E-state index contributed by atoms with van der Waals surface area (Å²) in [6.07, 6.45) is 7.08. The van der Waals surface area contributed by atoms with Gasteiger partial charge in [0.25, 0.3) is 0 Å². The first-order valence-electron chi connectivity index (χ1n) is 4.87. The van der Waals surface area contributed by atoms with E-state index < -0.39 is 0 Å². The van der Waals surface area contributed by atoms with Gasteiger partial charge in [0.15, 0.2) is 0 Å². The predicted molar refractivity (Wildman–Crippen MR) is 64.6 cm³/mol. The molecular weight excluding hydrogens is 252 g/mol. The number of allylic oxidation sites excluding steroid dienone is 1. The molecule has 1 aromatic carbocycles. The molecule has 1 aliphatic rings. The normalized spacial score (nSPS) is 13.1. The van der Waals surface area contributed by atoms with Gasteiger partial charge in [-0.3, -0.25) is 0 Å². The van der Waals surface area contributed by atoms with E-state index in [1.165, 1.54) is 11.1 Å². The number of hydrogen-bond donors (Lipinski definition) is 0. The lowest BCUT2D eigenvalue weighted by atomic mass is 10.0. The molecule has 0 aliphatic heterocycles. The van der Waals surface area contributed by atoms with Gasteiger partial charge in [0.2, 0.25) is 0 Å². The van der Waals surface area contributed by atoms with Crippen molar-refractivity contribution in [1.82, 2.24) is 0 Å². The molecule has 0 saturated carbocycles. The molecule has 1 aliphatic carbocycles. The first-order chi connectivity index (χ1) is 7.34. The van der Waals surface area contributed by atoms with Crippen LogP contribution in [0.25, 0.3) is 17.4 Å². The minimum absolute atomic E-state index is 0.907. The van der Waals surface area contributed by atoms with Crippen molar-refractivity contribution in [2.24, 2.45) is 0 Å². The smallest absolute Gasteiger partial charge is 0.135 e. The number of halogens is 1. The summed E-state index contributed by atoms with van der Waals surface area (Å²) in [6, 6.07) is 8.23. The Morgan fingerprint density at radius 3 is 3.00 bits per heavy atom. The van der Waals surface area contributed by atoms with Crippen LogP contribution in [0, 0.1) is 0 Å². The number of fused-ring (bicyclic) bond motifs is 1. The summed E-state index contributed by atoms with van der Waals surface area (Å²) < 4.78 is 6.50. The third kappa shape index (κ3) is 1.45. The van der Waals surface area contributed by atoms with E-state index in [4.69, 9.17) is 4.42 Å². The minimum Gasteiger partial charge on any atom is -0.464 e. The number of benzene rings is 1. The highest BCUT2D eigenvalue weighted by Crippen LogP contribution is 2.33. The molecule has 1 heterocycles. The van der Waals surface area contributed by atoms with Gasteiger partial charge in [-0.15, -0.1) is 0 Å². The summed E-state index contributed by atoms with van der Waals surface area (Å²) in [6.45, 7) is 0. The number of rotatable bonds is 1. The van der Waals surface area contributed by atoms with Crippen LogP contribution in [0.3, 0.4) is 0 Å². The summed E-state index contributed by atoms with van der Waals surface area (Å²) in [5, 5.41) is 0. The van der Waals surface area contributed by atoms with Crippen molar-refractivity contribution in [2.45, 2.75) is 6.42 Å². The van der Waals surface area contributed by atoms with E-state index in [0.29, 0.717) is 0 Å². The molecule has 2 aromatic rings. The largest absolute Gasteiger partial charge is 0.464 e. The molecule has 0 atom stereocenters. The summed E-state index contributed by atoms with van der Waals surface area (Å²) in [5.41, 5.74) is 3.78. The van der Waals surface area contributed by atoms with Crippen LogP contribution in [-0.2, 0) is 6.42 Å². The van der Waals surface area contributed by atoms with Gasteiger partial charge >= 0.3 is 0 Å². The van der Waals surface area contributed by atoms with Crippen molar-refractivity contribution in [1.29, 1.82) is 0 Å². The molecule has 0 radical (unpaired) electrons. The van der Waals surface area contributed by atoms with Gasteiger partial charge in [0.05, 0.1) is 6.26 Å². The van der Waals surface area contributed by atoms with E-state index in [1.807, 2.05) is 12.1 Å². The van der Waals surface area contributed by atoms with Crippen LogP contribution in [0.2, 0.25) is 0 Å². The van der Waals surface area contributed by atoms with Crippen LogP contribution in [0.1, 0.15) is 11.1 Å². The maximum atomic E-state index is 5.41. The second-order valence-electron chi connectivity index (χ2n) is 3.61. The third-order valence-corrected chi connectivity index (χ3v) is 3.31. The highest BCUT2D eigenvalue weighted by atomic mass is 79.9. The highest BCUT2D eigenvalue weighted by molar-refractivity contribution is 9.10. The van der Waals surface area contributed by atoms with Crippen molar-refractivity contribution in [3.8, 4) is 11.3 Å². The summed E-state index contributed by atoms with van der Waals surface area (Å²) in [4.78, 5) is 0. The fourth-order valence-corrected chi connectivity index (χ4v) is 2.48. The average Bonchev–Trinajstić information content (AvgIpc) is 2.85. The fourth-order valence-electron chi connectivity index (χ4n) is 1.90. The lowest BCUT2D eigenvalue weighted by Gasteiger charge is -2.05. The van der Waals surface area contributed by atoms with Gasteiger partial charge < -0.3 is 4.42 Å². The number of hydrogen-bond acceptors (Lipinski definition) is 1. The van der Waals surface area contributed by atoms with Crippen LogP contribution >= 0.6 is 15.9 Å². The topological polar surface area (TPSA) is 13.1 Å². The fraction of sp³-hybridized carbons (Fsp3) is 0.0769. The Morgan fingerprint density at radius 1 is 1.27 bits per heavy atom. The second kappa shape index (κ2) is 3.38. The van der Waals surface area contributed by atoms with E-state index >= 15 is 0 Å². The average molecular weight is 261 g/mol. The van der Waals surface area contributed by atoms with E-state index in [2.05, 4.69) is 40.2 Å². The third-order valence-electron chi connectivity index (χ3n) is 2.65. The Balaban J connectivity index is 2.20. The molecule has 0 N–H and O–H groups in total. The van der Waals surface area contributed by atoms with Crippen LogP contribution in [0.4, 0.5) is 0 Å². The van der Waals surface area contributed by atoms with Crippen molar-refractivity contribution < 1.29 is 4.42 Å². The Hall–Kier alpha value is -1.28. The quantitative estimate of drug-likeness (QED) is 0.746. The van der Waals surface area contributed by atoms with Gasteiger partial charge in [0, 0.05) is 10.0 Å². The molecule has 2 heteroatoms. The molecule has 0 amide bonds. The molecule has 0 fully saturated rings. The Kier molecular flexibility index (Phi) is 2.03. The minimum atomic E-state index is 0.907. The Morgan fingerprint density at radius 2 is 2.20 bits per heavy atom. The number of furan rings is 1. The van der Waals surface area contributed by atoms with Gasteiger partial charge in [-0.25, -0.2) is 0 Å².